The lowest BCUT2D eigenvalue weighted by Gasteiger charge is -2.27. The molecule has 1 aromatic heterocycles. The van der Waals surface area contributed by atoms with Crippen LogP contribution in [0.2, 0.25) is 0 Å². The molecule has 1 saturated heterocycles. The second-order valence-corrected chi connectivity index (χ2v) is 4.13. The first-order chi connectivity index (χ1) is 7.04. The van der Waals surface area contributed by atoms with Crippen LogP contribution in [0.15, 0.2) is 12.3 Å². The fourth-order valence-corrected chi connectivity index (χ4v) is 2.01. The van der Waals surface area contributed by atoms with Crippen LogP contribution < -0.4 is 5.73 Å². The van der Waals surface area contributed by atoms with Gasteiger partial charge in [-0.1, -0.05) is 0 Å². The average Bonchev–Trinajstić information content (AvgIpc) is 2.52. The van der Waals surface area contributed by atoms with Crippen molar-refractivity contribution < 1.29 is 9.84 Å². The Hall–Kier alpha value is -1.13. The van der Waals surface area contributed by atoms with E-state index in [1.54, 1.807) is 6.20 Å². The molecule has 1 aromatic rings. The lowest BCUT2D eigenvalue weighted by Crippen LogP contribution is -2.34. The molecule has 0 amide bonds. The maximum absolute atomic E-state index is 10.5. The van der Waals surface area contributed by atoms with E-state index in [-0.39, 0.29) is 6.10 Å². The first kappa shape index (κ1) is 10.4. The standard InChI is InChI=1S/C11H16N2O2/c1-7-5-9(10(12)13-6-7)11(14)3-4-15-8(11)2/h5-6,8,14H,3-4H2,1-2H3,(H2,12,13). The van der Waals surface area contributed by atoms with Gasteiger partial charge in [0.2, 0.25) is 0 Å². The van der Waals surface area contributed by atoms with Gasteiger partial charge in [0, 0.05) is 18.2 Å². The Balaban J connectivity index is 2.48. The van der Waals surface area contributed by atoms with Crippen LogP contribution in [0.3, 0.4) is 0 Å². The molecule has 2 heterocycles. The van der Waals surface area contributed by atoms with E-state index < -0.39 is 5.60 Å². The predicted octanol–water partition coefficient (Wildman–Crippen LogP) is 0.969. The van der Waals surface area contributed by atoms with Gasteiger partial charge in [0.05, 0.1) is 12.7 Å². The number of nitrogen functional groups attached to an aromatic ring is 1. The normalized spacial score (nSPS) is 30.7. The van der Waals surface area contributed by atoms with E-state index in [1.807, 2.05) is 19.9 Å². The number of aromatic nitrogens is 1. The summed E-state index contributed by atoms with van der Waals surface area (Å²) in [5.41, 5.74) is 6.49. The van der Waals surface area contributed by atoms with E-state index in [2.05, 4.69) is 4.98 Å². The van der Waals surface area contributed by atoms with Crippen molar-refractivity contribution in [3.8, 4) is 0 Å². The summed E-state index contributed by atoms with van der Waals surface area (Å²) >= 11 is 0. The number of pyridine rings is 1. The number of ether oxygens (including phenoxy) is 1. The van der Waals surface area contributed by atoms with Crippen LogP contribution >= 0.6 is 0 Å². The third kappa shape index (κ3) is 1.60. The van der Waals surface area contributed by atoms with Crippen LogP contribution in [0.5, 0.6) is 0 Å². The molecule has 82 valence electrons. The van der Waals surface area contributed by atoms with Crippen LogP contribution in [0, 0.1) is 6.92 Å². The molecule has 0 aromatic carbocycles. The van der Waals surface area contributed by atoms with Crippen molar-refractivity contribution in [2.75, 3.05) is 12.3 Å². The van der Waals surface area contributed by atoms with Crippen molar-refractivity contribution in [3.05, 3.63) is 23.4 Å². The summed E-state index contributed by atoms with van der Waals surface area (Å²) in [6.07, 6.45) is 2.04. The second-order valence-electron chi connectivity index (χ2n) is 4.13. The van der Waals surface area contributed by atoms with E-state index in [9.17, 15) is 5.11 Å². The van der Waals surface area contributed by atoms with Gasteiger partial charge in [-0.3, -0.25) is 0 Å². The molecule has 4 heteroatoms. The molecule has 1 aliphatic rings. The van der Waals surface area contributed by atoms with Gasteiger partial charge in [0.15, 0.2) is 0 Å². The summed E-state index contributed by atoms with van der Waals surface area (Å²) in [6.45, 7) is 4.35. The molecule has 1 aliphatic heterocycles. The number of aliphatic hydroxyl groups is 1. The van der Waals surface area contributed by atoms with Gasteiger partial charge in [-0.05, 0) is 25.5 Å². The van der Waals surface area contributed by atoms with Crippen LogP contribution in [0.1, 0.15) is 24.5 Å². The van der Waals surface area contributed by atoms with Gasteiger partial charge in [0.1, 0.15) is 11.4 Å². The van der Waals surface area contributed by atoms with Gasteiger partial charge in [-0.2, -0.15) is 0 Å². The first-order valence-corrected chi connectivity index (χ1v) is 5.10. The molecule has 0 saturated carbocycles. The monoisotopic (exact) mass is 208 g/mol. The highest BCUT2D eigenvalue weighted by atomic mass is 16.5. The average molecular weight is 208 g/mol. The summed E-state index contributed by atoms with van der Waals surface area (Å²) in [5.74, 6) is 0.389. The summed E-state index contributed by atoms with van der Waals surface area (Å²) in [7, 11) is 0. The minimum Gasteiger partial charge on any atom is -0.383 e. The number of hydrogen-bond donors (Lipinski definition) is 2. The summed E-state index contributed by atoms with van der Waals surface area (Å²) < 4.78 is 5.38. The zero-order valence-electron chi connectivity index (χ0n) is 9.03. The van der Waals surface area contributed by atoms with Gasteiger partial charge in [0.25, 0.3) is 0 Å². The Kier molecular flexibility index (Phi) is 2.40. The zero-order valence-corrected chi connectivity index (χ0v) is 9.03. The van der Waals surface area contributed by atoms with Crippen LogP contribution in [0.4, 0.5) is 5.82 Å². The smallest absolute Gasteiger partial charge is 0.129 e. The van der Waals surface area contributed by atoms with Gasteiger partial charge in [-0.15, -0.1) is 0 Å². The van der Waals surface area contributed by atoms with E-state index in [4.69, 9.17) is 10.5 Å². The molecule has 3 N–H and O–H groups in total. The molecule has 0 aliphatic carbocycles. The number of hydrogen-bond acceptors (Lipinski definition) is 4. The molecule has 1 fully saturated rings. The molecule has 2 unspecified atom stereocenters. The Morgan fingerprint density at radius 1 is 1.67 bits per heavy atom. The summed E-state index contributed by atoms with van der Waals surface area (Å²) in [4.78, 5) is 4.07. The SMILES string of the molecule is Cc1cnc(N)c(C2(O)CCOC2C)c1. The topological polar surface area (TPSA) is 68.4 Å². The molecule has 2 rings (SSSR count). The van der Waals surface area contributed by atoms with Crippen molar-refractivity contribution in [2.24, 2.45) is 0 Å². The fourth-order valence-electron chi connectivity index (χ4n) is 2.01. The minimum atomic E-state index is -0.983. The van der Waals surface area contributed by atoms with Gasteiger partial charge < -0.3 is 15.6 Å². The van der Waals surface area contributed by atoms with Gasteiger partial charge in [-0.25, -0.2) is 4.98 Å². The predicted molar refractivity (Wildman–Crippen MR) is 57.3 cm³/mol. The largest absolute Gasteiger partial charge is 0.383 e. The highest BCUT2D eigenvalue weighted by Gasteiger charge is 2.42. The van der Waals surface area contributed by atoms with Crippen LogP contribution in [-0.2, 0) is 10.3 Å². The molecule has 0 radical (unpaired) electrons. The number of nitrogens with zero attached hydrogens (tertiary/aromatic N) is 1. The van der Waals surface area contributed by atoms with Crippen LogP contribution in [0.25, 0.3) is 0 Å². The maximum Gasteiger partial charge on any atom is 0.129 e. The van der Waals surface area contributed by atoms with Crippen molar-refractivity contribution in [2.45, 2.75) is 32.0 Å². The molecule has 4 nitrogen and oxygen atoms in total. The quantitative estimate of drug-likeness (QED) is 0.721. The van der Waals surface area contributed by atoms with E-state index in [0.717, 1.165) is 5.56 Å². The van der Waals surface area contributed by atoms with Crippen molar-refractivity contribution in [3.63, 3.8) is 0 Å². The Morgan fingerprint density at radius 2 is 2.40 bits per heavy atom. The number of rotatable bonds is 1. The first-order valence-electron chi connectivity index (χ1n) is 5.10. The van der Waals surface area contributed by atoms with Crippen LogP contribution in [-0.4, -0.2) is 22.8 Å². The lowest BCUT2D eigenvalue weighted by molar-refractivity contribution is -0.0313. The third-order valence-corrected chi connectivity index (χ3v) is 3.05. The molecule has 0 bridgehead atoms. The molecule has 0 spiro atoms. The minimum absolute atomic E-state index is 0.233. The number of anilines is 1. The summed E-state index contributed by atoms with van der Waals surface area (Å²) in [6, 6.07) is 1.88. The Labute approximate surface area is 89.1 Å². The number of aryl methyl sites for hydroxylation is 1. The fraction of sp³-hybridized carbons (Fsp3) is 0.545. The van der Waals surface area contributed by atoms with Gasteiger partial charge >= 0.3 is 0 Å². The second kappa shape index (κ2) is 3.47. The number of nitrogens with two attached hydrogens (primary N) is 1. The highest BCUT2D eigenvalue weighted by Crippen LogP contribution is 2.38. The maximum atomic E-state index is 10.5. The molecular weight excluding hydrogens is 192 g/mol. The van der Waals surface area contributed by atoms with E-state index in [0.29, 0.717) is 24.4 Å². The van der Waals surface area contributed by atoms with Crippen molar-refractivity contribution in [1.82, 2.24) is 4.98 Å². The summed E-state index contributed by atoms with van der Waals surface area (Å²) in [5, 5.41) is 10.5. The van der Waals surface area contributed by atoms with Crippen molar-refractivity contribution in [1.29, 1.82) is 0 Å². The Morgan fingerprint density at radius 3 is 3.00 bits per heavy atom. The molecule has 15 heavy (non-hydrogen) atoms. The molecule has 2 atom stereocenters. The Bertz CT molecular complexity index is 381. The highest BCUT2D eigenvalue weighted by molar-refractivity contribution is 5.45. The van der Waals surface area contributed by atoms with E-state index >= 15 is 0 Å². The van der Waals surface area contributed by atoms with Crippen molar-refractivity contribution >= 4 is 5.82 Å². The zero-order chi connectivity index (χ0) is 11.1. The molecular formula is C11H16N2O2. The third-order valence-electron chi connectivity index (χ3n) is 3.05. The lowest BCUT2D eigenvalue weighted by atomic mass is 9.87. The van der Waals surface area contributed by atoms with E-state index in [1.165, 1.54) is 0 Å².